The van der Waals surface area contributed by atoms with Gasteiger partial charge in [-0.1, -0.05) is 29.8 Å². The number of nitrogens with one attached hydrogen (secondary N) is 1. The van der Waals surface area contributed by atoms with Crippen molar-refractivity contribution in [3.8, 4) is 0 Å². The molecule has 3 rings (SSSR count). The number of aryl methyl sites for hydroxylation is 3. The van der Waals surface area contributed by atoms with Crippen molar-refractivity contribution in [1.82, 2.24) is 19.6 Å². The molecule has 0 saturated heterocycles. The first-order valence-corrected chi connectivity index (χ1v) is 7.97. The van der Waals surface area contributed by atoms with E-state index in [1.165, 1.54) is 11.1 Å². The number of nitrogens with zero attached hydrogens (tertiary/aromatic N) is 4. The third-order valence-corrected chi connectivity index (χ3v) is 3.68. The molecule has 2 aromatic heterocycles. The molecule has 0 aliphatic carbocycles. The Balaban J connectivity index is 1.52. The minimum absolute atomic E-state index is 0.0658. The molecule has 0 spiro atoms. The number of rotatable bonds is 6. The van der Waals surface area contributed by atoms with E-state index in [-0.39, 0.29) is 5.91 Å². The maximum absolute atomic E-state index is 12.0. The fourth-order valence-corrected chi connectivity index (χ4v) is 2.52. The van der Waals surface area contributed by atoms with Crippen molar-refractivity contribution >= 4 is 11.7 Å². The van der Waals surface area contributed by atoms with E-state index < -0.39 is 0 Å². The van der Waals surface area contributed by atoms with Crippen molar-refractivity contribution in [2.75, 3.05) is 5.32 Å². The summed E-state index contributed by atoms with van der Waals surface area (Å²) in [4.78, 5) is 12.0. The standard InChI is InChI=1S/C18H21N5O/c1-14-4-3-5-16(12-14)13-23-10-7-17(21-23)19-18(24)8-11-22-9-6-15(2)20-22/h3-7,9-10,12H,8,11,13H2,1-2H3,(H,19,21,24). The van der Waals surface area contributed by atoms with Gasteiger partial charge in [-0.2, -0.15) is 10.2 Å². The molecule has 0 fully saturated rings. The average Bonchev–Trinajstić information content (AvgIpc) is 3.14. The van der Waals surface area contributed by atoms with Crippen molar-refractivity contribution in [2.24, 2.45) is 0 Å². The average molecular weight is 323 g/mol. The fraction of sp³-hybridized carbons (Fsp3) is 0.278. The third kappa shape index (κ3) is 4.32. The Kier molecular flexibility index (Phi) is 4.74. The molecule has 0 aliphatic heterocycles. The van der Waals surface area contributed by atoms with Gasteiger partial charge in [-0.05, 0) is 25.5 Å². The molecule has 124 valence electrons. The van der Waals surface area contributed by atoms with Gasteiger partial charge >= 0.3 is 0 Å². The van der Waals surface area contributed by atoms with Crippen LogP contribution in [0.1, 0.15) is 23.2 Å². The number of carbonyl (C=O) groups is 1. The molecule has 1 amide bonds. The van der Waals surface area contributed by atoms with Crippen LogP contribution in [-0.4, -0.2) is 25.5 Å². The molecule has 24 heavy (non-hydrogen) atoms. The van der Waals surface area contributed by atoms with Crippen LogP contribution in [0.25, 0.3) is 0 Å². The largest absolute Gasteiger partial charge is 0.309 e. The van der Waals surface area contributed by atoms with Crippen LogP contribution in [0, 0.1) is 13.8 Å². The summed E-state index contributed by atoms with van der Waals surface area (Å²) in [5, 5.41) is 11.5. The van der Waals surface area contributed by atoms with Gasteiger partial charge in [0, 0.05) is 31.4 Å². The summed E-state index contributed by atoms with van der Waals surface area (Å²) in [6, 6.07) is 12.0. The SMILES string of the molecule is Cc1cccc(Cn2ccc(NC(=O)CCn3ccc(C)n3)n2)c1. The lowest BCUT2D eigenvalue weighted by atomic mass is 10.1. The minimum Gasteiger partial charge on any atom is -0.309 e. The summed E-state index contributed by atoms with van der Waals surface area (Å²) in [5.41, 5.74) is 3.36. The van der Waals surface area contributed by atoms with E-state index in [4.69, 9.17) is 0 Å². The summed E-state index contributed by atoms with van der Waals surface area (Å²) in [6.45, 7) is 5.24. The Hall–Kier alpha value is -2.89. The van der Waals surface area contributed by atoms with Gasteiger partial charge in [0.05, 0.1) is 12.2 Å². The maximum Gasteiger partial charge on any atom is 0.227 e. The zero-order valence-electron chi connectivity index (χ0n) is 13.9. The number of carbonyl (C=O) groups excluding carboxylic acids is 1. The van der Waals surface area contributed by atoms with E-state index >= 15 is 0 Å². The molecule has 1 N–H and O–H groups in total. The van der Waals surface area contributed by atoms with Crippen LogP contribution in [0.3, 0.4) is 0 Å². The molecule has 0 saturated carbocycles. The number of hydrogen-bond donors (Lipinski definition) is 1. The summed E-state index contributed by atoms with van der Waals surface area (Å²) in [5.74, 6) is 0.508. The highest BCUT2D eigenvalue weighted by Crippen LogP contribution is 2.09. The highest BCUT2D eigenvalue weighted by atomic mass is 16.1. The summed E-state index contributed by atoms with van der Waals surface area (Å²) in [6.07, 6.45) is 4.11. The van der Waals surface area contributed by atoms with Gasteiger partial charge in [-0.15, -0.1) is 0 Å². The van der Waals surface area contributed by atoms with E-state index in [0.29, 0.717) is 25.3 Å². The molecular formula is C18H21N5O. The Morgan fingerprint density at radius 3 is 2.67 bits per heavy atom. The molecule has 3 aromatic rings. The van der Waals surface area contributed by atoms with Gasteiger partial charge < -0.3 is 5.32 Å². The zero-order chi connectivity index (χ0) is 16.9. The van der Waals surface area contributed by atoms with E-state index in [1.54, 1.807) is 4.68 Å². The summed E-state index contributed by atoms with van der Waals surface area (Å²) in [7, 11) is 0. The topological polar surface area (TPSA) is 64.7 Å². The van der Waals surface area contributed by atoms with Crippen molar-refractivity contribution < 1.29 is 4.79 Å². The Labute approximate surface area is 141 Å². The van der Waals surface area contributed by atoms with Crippen LogP contribution in [0.4, 0.5) is 5.82 Å². The van der Waals surface area contributed by atoms with Crippen LogP contribution in [0.2, 0.25) is 0 Å². The van der Waals surface area contributed by atoms with Gasteiger partial charge in [-0.25, -0.2) is 0 Å². The number of anilines is 1. The normalized spacial score (nSPS) is 10.8. The predicted molar refractivity (Wildman–Crippen MR) is 92.7 cm³/mol. The number of aromatic nitrogens is 4. The van der Waals surface area contributed by atoms with Crippen LogP contribution in [0.5, 0.6) is 0 Å². The first kappa shape index (κ1) is 16.0. The minimum atomic E-state index is -0.0658. The van der Waals surface area contributed by atoms with E-state index in [0.717, 1.165) is 5.69 Å². The molecule has 0 unspecified atom stereocenters. The van der Waals surface area contributed by atoms with Crippen LogP contribution >= 0.6 is 0 Å². The zero-order valence-corrected chi connectivity index (χ0v) is 13.9. The molecule has 0 aliphatic rings. The van der Waals surface area contributed by atoms with Gasteiger partial charge in [0.1, 0.15) is 0 Å². The predicted octanol–water partition coefficient (Wildman–Crippen LogP) is 2.77. The molecule has 6 heteroatoms. The molecule has 6 nitrogen and oxygen atoms in total. The second kappa shape index (κ2) is 7.12. The third-order valence-electron chi connectivity index (χ3n) is 3.68. The molecule has 2 heterocycles. The van der Waals surface area contributed by atoms with Gasteiger partial charge in [0.2, 0.25) is 5.91 Å². The van der Waals surface area contributed by atoms with Crippen LogP contribution in [0.15, 0.2) is 48.8 Å². The Bertz CT molecular complexity index is 833. The second-order valence-electron chi connectivity index (χ2n) is 5.91. The number of amides is 1. The molecule has 0 radical (unpaired) electrons. The lowest BCUT2D eigenvalue weighted by Gasteiger charge is -2.04. The van der Waals surface area contributed by atoms with Gasteiger partial charge in [0.15, 0.2) is 5.82 Å². The van der Waals surface area contributed by atoms with Crippen molar-refractivity contribution in [3.05, 3.63) is 65.6 Å². The first-order valence-electron chi connectivity index (χ1n) is 7.97. The Morgan fingerprint density at radius 2 is 1.92 bits per heavy atom. The lowest BCUT2D eigenvalue weighted by Crippen LogP contribution is -2.15. The summed E-state index contributed by atoms with van der Waals surface area (Å²) >= 11 is 0. The lowest BCUT2D eigenvalue weighted by molar-refractivity contribution is -0.116. The fourth-order valence-electron chi connectivity index (χ4n) is 2.52. The first-order chi connectivity index (χ1) is 11.6. The molecule has 0 bridgehead atoms. The highest BCUT2D eigenvalue weighted by Gasteiger charge is 2.06. The second-order valence-corrected chi connectivity index (χ2v) is 5.91. The summed E-state index contributed by atoms with van der Waals surface area (Å²) < 4.78 is 3.59. The number of hydrogen-bond acceptors (Lipinski definition) is 3. The van der Waals surface area contributed by atoms with Crippen LogP contribution in [-0.2, 0) is 17.9 Å². The number of benzene rings is 1. The van der Waals surface area contributed by atoms with E-state index in [2.05, 4.69) is 40.6 Å². The highest BCUT2D eigenvalue weighted by molar-refractivity contribution is 5.89. The van der Waals surface area contributed by atoms with Crippen molar-refractivity contribution in [2.45, 2.75) is 33.4 Å². The smallest absolute Gasteiger partial charge is 0.227 e. The van der Waals surface area contributed by atoms with E-state index in [1.807, 2.05) is 42.2 Å². The Morgan fingerprint density at radius 1 is 1.08 bits per heavy atom. The maximum atomic E-state index is 12.0. The van der Waals surface area contributed by atoms with E-state index in [9.17, 15) is 4.79 Å². The van der Waals surface area contributed by atoms with Gasteiger partial charge in [0.25, 0.3) is 0 Å². The molecular weight excluding hydrogens is 302 g/mol. The monoisotopic (exact) mass is 323 g/mol. The van der Waals surface area contributed by atoms with Crippen LogP contribution < -0.4 is 5.32 Å². The van der Waals surface area contributed by atoms with Crippen molar-refractivity contribution in [3.63, 3.8) is 0 Å². The quantitative estimate of drug-likeness (QED) is 0.758. The molecule has 1 aromatic carbocycles. The van der Waals surface area contributed by atoms with Gasteiger partial charge in [-0.3, -0.25) is 14.2 Å². The van der Waals surface area contributed by atoms with Crippen molar-refractivity contribution in [1.29, 1.82) is 0 Å². The molecule has 0 atom stereocenters.